The van der Waals surface area contributed by atoms with Crippen LogP contribution in [0.1, 0.15) is 33.3 Å². The van der Waals surface area contributed by atoms with Gasteiger partial charge in [-0.3, -0.25) is 4.57 Å². The summed E-state index contributed by atoms with van der Waals surface area (Å²) in [6, 6.07) is 9.66. The fraction of sp³-hybridized carbons (Fsp3) is 0.429. The van der Waals surface area contributed by atoms with E-state index >= 15 is 0 Å². The molecule has 100 valence electrons. The SMILES string of the molecule is CC(C)OP(=O)(/C=C/c1ccccc1)OC(C)C. The van der Waals surface area contributed by atoms with Crippen molar-refractivity contribution in [2.75, 3.05) is 0 Å². The topological polar surface area (TPSA) is 35.5 Å². The minimum Gasteiger partial charge on any atom is -0.303 e. The van der Waals surface area contributed by atoms with E-state index in [1.54, 1.807) is 6.08 Å². The second kappa shape index (κ2) is 6.89. The van der Waals surface area contributed by atoms with Crippen molar-refractivity contribution in [3.05, 3.63) is 41.7 Å². The maximum Gasteiger partial charge on any atom is 0.354 e. The Bertz CT molecular complexity index is 410. The summed E-state index contributed by atoms with van der Waals surface area (Å²) in [5, 5.41) is 0. The summed E-state index contributed by atoms with van der Waals surface area (Å²) in [6.45, 7) is 7.36. The zero-order valence-corrected chi connectivity index (χ0v) is 12.3. The normalized spacial score (nSPS) is 12.8. The monoisotopic (exact) mass is 268 g/mol. The van der Waals surface area contributed by atoms with Gasteiger partial charge < -0.3 is 9.05 Å². The molecule has 0 fully saturated rings. The number of benzene rings is 1. The Labute approximate surface area is 109 Å². The van der Waals surface area contributed by atoms with E-state index in [9.17, 15) is 4.57 Å². The molecule has 0 atom stereocenters. The van der Waals surface area contributed by atoms with Crippen LogP contribution in [-0.2, 0) is 13.6 Å². The quantitative estimate of drug-likeness (QED) is 0.701. The first-order chi connectivity index (χ1) is 8.41. The average Bonchev–Trinajstić information content (AvgIpc) is 2.26. The van der Waals surface area contributed by atoms with E-state index in [4.69, 9.17) is 9.05 Å². The summed E-state index contributed by atoms with van der Waals surface area (Å²) in [4.78, 5) is 0. The minimum atomic E-state index is -3.18. The Balaban J connectivity index is 2.84. The van der Waals surface area contributed by atoms with Crippen molar-refractivity contribution >= 4 is 13.7 Å². The van der Waals surface area contributed by atoms with Crippen LogP contribution < -0.4 is 0 Å². The molecule has 1 aromatic carbocycles. The predicted molar refractivity (Wildman–Crippen MR) is 75.5 cm³/mol. The highest BCUT2D eigenvalue weighted by molar-refractivity contribution is 7.57. The zero-order chi connectivity index (χ0) is 13.6. The number of rotatable bonds is 6. The molecule has 0 unspecified atom stereocenters. The molecular formula is C14H21O3P. The lowest BCUT2D eigenvalue weighted by Gasteiger charge is -2.19. The van der Waals surface area contributed by atoms with Crippen LogP contribution in [-0.4, -0.2) is 12.2 Å². The first-order valence-corrected chi connectivity index (χ1v) is 7.73. The molecule has 0 saturated carbocycles. The molecule has 0 spiro atoms. The summed E-state index contributed by atoms with van der Waals surface area (Å²) in [5.74, 6) is 1.53. The van der Waals surface area contributed by atoms with Gasteiger partial charge >= 0.3 is 7.60 Å². The molecule has 0 bridgehead atoms. The lowest BCUT2D eigenvalue weighted by Crippen LogP contribution is -2.06. The van der Waals surface area contributed by atoms with Gasteiger partial charge in [0.1, 0.15) is 0 Å². The molecule has 0 aliphatic carbocycles. The second-order valence-electron chi connectivity index (χ2n) is 4.57. The third kappa shape index (κ3) is 5.63. The van der Waals surface area contributed by atoms with Gasteiger partial charge in [0.2, 0.25) is 0 Å². The smallest absolute Gasteiger partial charge is 0.303 e. The predicted octanol–water partition coefficient (Wildman–Crippen LogP) is 4.70. The fourth-order valence-electron chi connectivity index (χ4n) is 1.42. The van der Waals surface area contributed by atoms with Crippen molar-refractivity contribution in [2.45, 2.75) is 39.9 Å². The van der Waals surface area contributed by atoms with E-state index in [0.717, 1.165) is 5.56 Å². The molecule has 0 radical (unpaired) electrons. The van der Waals surface area contributed by atoms with Gasteiger partial charge in [-0.25, -0.2) is 0 Å². The largest absolute Gasteiger partial charge is 0.354 e. The van der Waals surface area contributed by atoms with E-state index in [-0.39, 0.29) is 12.2 Å². The van der Waals surface area contributed by atoms with Gasteiger partial charge in [0.25, 0.3) is 0 Å². The average molecular weight is 268 g/mol. The van der Waals surface area contributed by atoms with E-state index in [1.165, 1.54) is 5.82 Å². The Morgan fingerprint density at radius 3 is 1.94 bits per heavy atom. The molecule has 0 saturated heterocycles. The third-order valence-corrected chi connectivity index (χ3v) is 3.91. The van der Waals surface area contributed by atoms with E-state index in [0.29, 0.717) is 0 Å². The molecule has 0 heterocycles. The Morgan fingerprint density at radius 1 is 1.00 bits per heavy atom. The van der Waals surface area contributed by atoms with Crippen LogP contribution in [0.5, 0.6) is 0 Å². The molecule has 1 rings (SSSR count). The molecule has 0 N–H and O–H groups in total. The van der Waals surface area contributed by atoms with E-state index in [2.05, 4.69) is 0 Å². The fourth-order valence-corrected chi connectivity index (χ4v) is 3.14. The van der Waals surface area contributed by atoms with Crippen LogP contribution in [0.15, 0.2) is 36.1 Å². The van der Waals surface area contributed by atoms with Crippen LogP contribution in [0, 0.1) is 0 Å². The van der Waals surface area contributed by atoms with Gasteiger partial charge in [-0.15, -0.1) is 0 Å². The first-order valence-electron chi connectivity index (χ1n) is 6.12. The van der Waals surface area contributed by atoms with Gasteiger partial charge in [0, 0.05) is 5.82 Å². The van der Waals surface area contributed by atoms with Gasteiger partial charge in [-0.1, -0.05) is 30.3 Å². The van der Waals surface area contributed by atoms with Crippen LogP contribution in [0.3, 0.4) is 0 Å². The highest BCUT2D eigenvalue weighted by Gasteiger charge is 2.23. The van der Waals surface area contributed by atoms with E-state index < -0.39 is 7.60 Å². The highest BCUT2D eigenvalue weighted by Crippen LogP contribution is 2.52. The molecule has 0 amide bonds. The Kier molecular flexibility index (Phi) is 5.80. The van der Waals surface area contributed by atoms with Crippen molar-refractivity contribution in [1.29, 1.82) is 0 Å². The first kappa shape index (κ1) is 15.2. The lowest BCUT2D eigenvalue weighted by atomic mass is 10.2. The Hall–Kier alpha value is -0.890. The van der Waals surface area contributed by atoms with Crippen molar-refractivity contribution in [3.8, 4) is 0 Å². The summed E-state index contributed by atoms with van der Waals surface area (Å²) < 4.78 is 23.3. The number of hydrogen-bond donors (Lipinski definition) is 0. The van der Waals surface area contributed by atoms with Crippen molar-refractivity contribution in [3.63, 3.8) is 0 Å². The molecule has 0 aliphatic rings. The zero-order valence-electron chi connectivity index (χ0n) is 11.4. The van der Waals surface area contributed by atoms with Crippen molar-refractivity contribution < 1.29 is 13.6 Å². The summed E-state index contributed by atoms with van der Waals surface area (Å²) in [6.07, 6.45) is 1.48. The maximum atomic E-state index is 12.5. The van der Waals surface area contributed by atoms with Crippen LogP contribution >= 0.6 is 7.60 Å². The molecular weight excluding hydrogens is 247 g/mol. The molecule has 1 aromatic rings. The van der Waals surface area contributed by atoms with Gasteiger partial charge in [-0.05, 0) is 39.3 Å². The molecule has 18 heavy (non-hydrogen) atoms. The third-order valence-electron chi connectivity index (χ3n) is 1.96. The summed E-state index contributed by atoms with van der Waals surface area (Å²) in [7, 11) is -3.18. The van der Waals surface area contributed by atoms with E-state index in [1.807, 2.05) is 58.0 Å². The standard InChI is InChI=1S/C14H21O3P/c1-12(2)16-18(15,17-13(3)4)11-10-14-8-6-5-7-9-14/h5-13H,1-4H3/b11-10+. The van der Waals surface area contributed by atoms with Crippen LogP contribution in [0.2, 0.25) is 0 Å². The van der Waals surface area contributed by atoms with Crippen LogP contribution in [0.4, 0.5) is 0 Å². The van der Waals surface area contributed by atoms with Crippen molar-refractivity contribution in [1.82, 2.24) is 0 Å². The summed E-state index contributed by atoms with van der Waals surface area (Å²) in [5.41, 5.74) is 0.970. The highest BCUT2D eigenvalue weighted by atomic mass is 31.2. The van der Waals surface area contributed by atoms with Gasteiger partial charge in [0.15, 0.2) is 0 Å². The second-order valence-corrected chi connectivity index (χ2v) is 6.37. The van der Waals surface area contributed by atoms with Gasteiger partial charge in [-0.2, -0.15) is 0 Å². The van der Waals surface area contributed by atoms with Gasteiger partial charge in [0.05, 0.1) is 12.2 Å². The lowest BCUT2D eigenvalue weighted by molar-refractivity contribution is 0.149. The van der Waals surface area contributed by atoms with Crippen molar-refractivity contribution in [2.24, 2.45) is 0 Å². The number of hydrogen-bond acceptors (Lipinski definition) is 3. The summed E-state index contributed by atoms with van der Waals surface area (Å²) >= 11 is 0. The van der Waals surface area contributed by atoms with Crippen LogP contribution in [0.25, 0.3) is 6.08 Å². The molecule has 3 nitrogen and oxygen atoms in total. The minimum absolute atomic E-state index is 0.144. The maximum absolute atomic E-state index is 12.5. The molecule has 4 heteroatoms. The Morgan fingerprint density at radius 2 is 1.50 bits per heavy atom. The molecule has 0 aromatic heterocycles. The molecule has 0 aliphatic heterocycles.